The molecule has 0 aliphatic carbocycles. The highest BCUT2D eigenvalue weighted by Crippen LogP contribution is 2.35. The summed E-state index contributed by atoms with van der Waals surface area (Å²) in [6, 6.07) is 2.53. The van der Waals surface area contributed by atoms with Crippen molar-refractivity contribution >= 4 is 17.4 Å². The molecular weight excluding hydrogens is 377 g/mol. The van der Waals surface area contributed by atoms with Crippen molar-refractivity contribution < 1.29 is 31.9 Å². The minimum absolute atomic E-state index is 0.0482. The van der Waals surface area contributed by atoms with E-state index < -0.39 is 11.7 Å². The maximum Gasteiger partial charge on any atom is 0.420 e. The summed E-state index contributed by atoms with van der Waals surface area (Å²) in [4.78, 5) is 27.3. The molecule has 28 heavy (non-hydrogen) atoms. The first-order chi connectivity index (χ1) is 13.3. The minimum atomic E-state index is -4.63. The predicted octanol–water partition coefficient (Wildman–Crippen LogP) is 4.53. The van der Waals surface area contributed by atoms with Crippen LogP contribution in [0.4, 0.5) is 13.2 Å². The number of hydrogen-bond acceptors (Lipinski definition) is 5. The number of Topliss-reactive ketones (excluding diaryl/α,β-unsaturated/α-hetero) is 1. The number of esters is 1. The number of hydrogen-bond donors (Lipinski definition) is 0. The van der Waals surface area contributed by atoms with E-state index in [0.717, 1.165) is 6.07 Å². The lowest BCUT2D eigenvalue weighted by Crippen LogP contribution is -2.08. The van der Waals surface area contributed by atoms with Gasteiger partial charge in [0, 0.05) is 36.4 Å². The summed E-state index contributed by atoms with van der Waals surface area (Å²) >= 11 is 0. The molecule has 0 atom stereocenters. The van der Waals surface area contributed by atoms with Crippen molar-refractivity contribution in [2.45, 2.75) is 31.9 Å². The highest BCUT2D eigenvalue weighted by atomic mass is 19.4. The average molecular weight is 394 g/mol. The third-order valence-electron chi connectivity index (χ3n) is 4.26. The number of imidazole rings is 1. The summed E-state index contributed by atoms with van der Waals surface area (Å²) in [5.74, 6) is -0.756. The molecule has 0 radical (unpaired) electrons. The van der Waals surface area contributed by atoms with Crippen LogP contribution in [-0.2, 0) is 15.7 Å². The molecule has 148 valence electrons. The van der Waals surface area contributed by atoms with Gasteiger partial charge < -0.3 is 13.6 Å². The molecule has 0 aliphatic heterocycles. The Morgan fingerprint density at radius 2 is 1.93 bits per heavy atom. The first-order valence-corrected chi connectivity index (χ1v) is 8.52. The number of halogens is 3. The second-order valence-electron chi connectivity index (χ2n) is 6.22. The summed E-state index contributed by atoms with van der Waals surface area (Å²) in [6.07, 6.45) is 1.95. The van der Waals surface area contributed by atoms with Gasteiger partial charge in [-0.3, -0.25) is 9.59 Å². The molecule has 3 aromatic rings. The van der Waals surface area contributed by atoms with Gasteiger partial charge in [0.15, 0.2) is 5.78 Å². The average Bonchev–Trinajstić information content (AvgIpc) is 3.32. The Bertz CT molecular complexity index is 991. The molecule has 0 bridgehead atoms. The fraction of sp³-hybridized carbons (Fsp3) is 0.316. The lowest BCUT2D eigenvalue weighted by atomic mass is 10.1. The predicted molar refractivity (Wildman–Crippen MR) is 92.7 cm³/mol. The van der Waals surface area contributed by atoms with E-state index in [1.807, 2.05) is 0 Å². The lowest BCUT2D eigenvalue weighted by molar-refractivity contribution is -0.140. The number of carbonyl (C=O) groups excluding carboxylic acids is 2. The fourth-order valence-corrected chi connectivity index (χ4v) is 2.81. The molecule has 0 unspecified atom stereocenters. The molecule has 3 aromatic heterocycles. The number of methoxy groups -OCH3 is 1. The highest BCUT2D eigenvalue weighted by molar-refractivity contribution is 5.95. The Morgan fingerprint density at radius 1 is 1.18 bits per heavy atom. The van der Waals surface area contributed by atoms with Crippen molar-refractivity contribution in [2.24, 2.45) is 0 Å². The quantitative estimate of drug-likeness (QED) is 0.334. The Kier molecular flexibility index (Phi) is 5.53. The van der Waals surface area contributed by atoms with Crippen LogP contribution < -0.4 is 0 Å². The molecule has 0 N–H and O–H groups in total. The van der Waals surface area contributed by atoms with Gasteiger partial charge in [-0.15, -0.1) is 0 Å². The van der Waals surface area contributed by atoms with E-state index in [1.54, 1.807) is 6.07 Å². The zero-order chi connectivity index (χ0) is 20.3. The monoisotopic (exact) mass is 394 g/mol. The summed E-state index contributed by atoms with van der Waals surface area (Å²) in [5.41, 5.74) is -0.540. The molecule has 3 heterocycles. The first-order valence-electron chi connectivity index (χ1n) is 8.52. The lowest BCUT2D eigenvalue weighted by Gasteiger charge is -2.10. The SMILES string of the molecule is COC(=O)CCCCC(=O)c1cn2cc(-c3ccoc3)cc(C(F)(F)F)c2n1. The van der Waals surface area contributed by atoms with Gasteiger partial charge in [-0.1, -0.05) is 0 Å². The van der Waals surface area contributed by atoms with Gasteiger partial charge in [0.2, 0.25) is 0 Å². The molecule has 0 amide bonds. The van der Waals surface area contributed by atoms with Crippen LogP contribution in [-0.4, -0.2) is 28.2 Å². The zero-order valence-corrected chi connectivity index (χ0v) is 15.0. The van der Waals surface area contributed by atoms with Gasteiger partial charge in [0.05, 0.1) is 25.2 Å². The summed E-state index contributed by atoms with van der Waals surface area (Å²) < 4.78 is 51.2. The Balaban J connectivity index is 1.87. The normalized spacial score (nSPS) is 11.7. The van der Waals surface area contributed by atoms with Gasteiger partial charge >= 0.3 is 12.1 Å². The van der Waals surface area contributed by atoms with Crippen molar-refractivity contribution in [2.75, 3.05) is 7.11 Å². The fourth-order valence-electron chi connectivity index (χ4n) is 2.81. The molecule has 0 aliphatic rings. The topological polar surface area (TPSA) is 73.8 Å². The second kappa shape index (κ2) is 7.87. The van der Waals surface area contributed by atoms with Gasteiger partial charge in [0.25, 0.3) is 0 Å². The second-order valence-corrected chi connectivity index (χ2v) is 6.22. The molecule has 0 aromatic carbocycles. The molecule has 0 saturated carbocycles. The summed E-state index contributed by atoms with van der Waals surface area (Å²) in [5, 5.41) is 0. The van der Waals surface area contributed by atoms with Crippen LogP contribution in [0, 0.1) is 0 Å². The van der Waals surface area contributed by atoms with Crippen LogP contribution in [0.2, 0.25) is 0 Å². The van der Waals surface area contributed by atoms with E-state index >= 15 is 0 Å². The smallest absolute Gasteiger partial charge is 0.420 e. The van der Waals surface area contributed by atoms with E-state index in [0.29, 0.717) is 24.0 Å². The summed E-state index contributed by atoms with van der Waals surface area (Å²) in [7, 11) is 1.28. The van der Waals surface area contributed by atoms with Crippen LogP contribution in [0.5, 0.6) is 0 Å². The Hall–Kier alpha value is -3.10. The van der Waals surface area contributed by atoms with Gasteiger partial charge in [0.1, 0.15) is 11.3 Å². The van der Waals surface area contributed by atoms with Crippen molar-refractivity contribution in [1.82, 2.24) is 9.38 Å². The number of nitrogens with zero attached hydrogens (tertiary/aromatic N) is 2. The Morgan fingerprint density at radius 3 is 2.57 bits per heavy atom. The van der Waals surface area contributed by atoms with Gasteiger partial charge in [-0.2, -0.15) is 13.2 Å². The Labute approximate surface area is 157 Å². The number of furan rings is 1. The number of carbonyl (C=O) groups is 2. The third-order valence-corrected chi connectivity index (χ3v) is 4.26. The van der Waals surface area contributed by atoms with Crippen LogP contribution in [0.3, 0.4) is 0 Å². The van der Waals surface area contributed by atoms with Crippen molar-refractivity contribution in [3.05, 3.63) is 48.3 Å². The number of rotatable bonds is 7. The zero-order valence-electron chi connectivity index (χ0n) is 15.0. The van der Waals surface area contributed by atoms with Gasteiger partial charge in [-0.25, -0.2) is 4.98 Å². The molecule has 9 heteroatoms. The van der Waals surface area contributed by atoms with Crippen molar-refractivity contribution in [1.29, 1.82) is 0 Å². The van der Waals surface area contributed by atoms with E-state index in [9.17, 15) is 22.8 Å². The number of pyridine rings is 1. The number of ether oxygens (including phenoxy) is 1. The van der Waals surface area contributed by atoms with E-state index in [4.69, 9.17) is 4.42 Å². The van der Waals surface area contributed by atoms with E-state index in [1.165, 1.54) is 36.4 Å². The van der Waals surface area contributed by atoms with E-state index in [-0.39, 0.29) is 35.9 Å². The van der Waals surface area contributed by atoms with Crippen LogP contribution >= 0.6 is 0 Å². The van der Waals surface area contributed by atoms with Crippen LogP contribution in [0.1, 0.15) is 41.7 Å². The molecule has 6 nitrogen and oxygen atoms in total. The van der Waals surface area contributed by atoms with Gasteiger partial charge in [-0.05, 0) is 25.0 Å². The molecular formula is C19H17F3N2O4. The van der Waals surface area contributed by atoms with E-state index in [2.05, 4.69) is 9.72 Å². The number of alkyl halides is 3. The molecule has 0 saturated heterocycles. The maximum absolute atomic E-state index is 13.5. The molecule has 0 fully saturated rings. The highest BCUT2D eigenvalue weighted by Gasteiger charge is 2.35. The van der Waals surface area contributed by atoms with Crippen molar-refractivity contribution in [3.8, 4) is 11.1 Å². The number of aromatic nitrogens is 2. The van der Waals surface area contributed by atoms with Crippen molar-refractivity contribution in [3.63, 3.8) is 0 Å². The summed E-state index contributed by atoms with van der Waals surface area (Å²) in [6.45, 7) is 0. The minimum Gasteiger partial charge on any atom is -0.472 e. The van der Waals surface area contributed by atoms with Crippen LogP contribution in [0.15, 0.2) is 41.5 Å². The number of fused-ring (bicyclic) bond motifs is 1. The maximum atomic E-state index is 13.5. The van der Waals surface area contributed by atoms with Crippen LogP contribution in [0.25, 0.3) is 16.8 Å². The first kappa shape index (κ1) is 19.7. The number of ketones is 1. The molecule has 3 rings (SSSR count). The number of unbranched alkanes of at least 4 members (excludes halogenated alkanes) is 1. The third kappa shape index (κ3) is 4.24. The largest absolute Gasteiger partial charge is 0.472 e. The standard InChI is InChI=1S/C19H17F3N2O4/c1-27-17(26)5-3-2-4-16(25)15-10-24-9-13(12-6-7-28-11-12)8-14(18(24)23-15)19(20,21)22/h6-11H,2-5H2,1H3. The molecule has 0 spiro atoms.